The van der Waals surface area contributed by atoms with Crippen molar-refractivity contribution in [3.8, 4) is 11.5 Å². The number of aromatic nitrogens is 2. The molecule has 0 saturated carbocycles. The van der Waals surface area contributed by atoms with E-state index in [1.54, 1.807) is 23.5 Å². The fourth-order valence-electron chi connectivity index (χ4n) is 2.24. The van der Waals surface area contributed by atoms with E-state index in [-0.39, 0.29) is 11.7 Å². The van der Waals surface area contributed by atoms with E-state index in [1.165, 1.54) is 17.7 Å². The van der Waals surface area contributed by atoms with E-state index < -0.39 is 4.92 Å². The van der Waals surface area contributed by atoms with Crippen LogP contribution >= 0.6 is 11.3 Å². The van der Waals surface area contributed by atoms with Crippen molar-refractivity contribution in [1.82, 2.24) is 15.1 Å². The Morgan fingerprint density at radius 3 is 2.67 bits per heavy atom. The van der Waals surface area contributed by atoms with E-state index in [1.807, 2.05) is 19.4 Å². The largest absolute Gasteiger partial charge is 0.419 e. The molecule has 0 unspecified atom stereocenters. The molecule has 3 rings (SSSR count). The van der Waals surface area contributed by atoms with E-state index in [2.05, 4.69) is 26.5 Å². The molecule has 0 spiro atoms. The van der Waals surface area contributed by atoms with Gasteiger partial charge in [-0.3, -0.25) is 15.0 Å². The summed E-state index contributed by atoms with van der Waals surface area (Å²) in [5.74, 6) is 0.872. The second-order valence-electron chi connectivity index (χ2n) is 5.47. The summed E-state index contributed by atoms with van der Waals surface area (Å²) in [7, 11) is 2.00. The van der Waals surface area contributed by atoms with Gasteiger partial charge in [0.05, 0.1) is 11.0 Å². The molecule has 0 aliphatic heterocycles. The fraction of sp³-hybridized carbons (Fsp3) is 0.250. The van der Waals surface area contributed by atoms with Gasteiger partial charge in [0.2, 0.25) is 11.8 Å². The molecule has 24 heavy (non-hydrogen) atoms. The highest BCUT2D eigenvalue weighted by Gasteiger charge is 2.19. The molecule has 1 atom stereocenters. The normalized spacial score (nSPS) is 12.5. The average molecular weight is 344 g/mol. The van der Waals surface area contributed by atoms with Gasteiger partial charge in [-0.2, -0.15) is 11.3 Å². The molecule has 0 radical (unpaired) electrons. The summed E-state index contributed by atoms with van der Waals surface area (Å²) < 4.78 is 5.74. The molecule has 8 heteroatoms. The van der Waals surface area contributed by atoms with Gasteiger partial charge in [-0.05, 0) is 48.5 Å². The summed E-state index contributed by atoms with van der Waals surface area (Å²) in [5, 5.41) is 23.0. The van der Waals surface area contributed by atoms with E-state index in [0.717, 1.165) is 6.54 Å². The van der Waals surface area contributed by atoms with Crippen LogP contribution in [0.3, 0.4) is 0 Å². The number of hydrogen-bond acceptors (Lipinski definition) is 7. The molecule has 0 saturated heterocycles. The van der Waals surface area contributed by atoms with Gasteiger partial charge in [0.15, 0.2) is 0 Å². The van der Waals surface area contributed by atoms with E-state index >= 15 is 0 Å². The standard InChI is InChI=1S/C16H16N4O3S/c1-11(19(2)9-12-7-8-24-10-12)15-17-18-16(23-15)13-3-5-14(6-4-13)20(21)22/h3-8,10-11H,9H2,1-2H3/t11-/m0/s1. The van der Waals surface area contributed by atoms with Crippen molar-refractivity contribution in [3.05, 3.63) is 62.7 Å². The van der Waals surface area contributed by atoms with Crippen molar-refractivity contribution >= 4 is 17.0 Å². The maximum absolute atomic E-state index is 10.7. The van der Waals surface area contributed by atoms with Crippen LogP contribution in [0.15, 0.2) is 45.5 Å². The first kappa shape index (κ1) is 16.3. The molecule has 2 aromatic heterocycles. The van der Waals surface area contributed by atoms with Crippen molar-refractivity contribution < 1.29 is 9.34 Å². The van der Waals surface area contributed by atoms with Gasteiger partial charge >= 0.3 is 0 Å². The summed E-state index contributed by atoms with van der Waals surface area (Å²) in [6.07, 6.45) is 0. The van der Waals surface area contributed by atoms with Gasteiger partial charge in [-0.25, -0.2) is 0 Å². The molecule has 1 aromatic carbocycles. The van der Waals surface area contributed by atoms with Crippen LogP contribution in [0.5, 0.6) is 0 Å². The van der Waals surface area contributed by atoms with Crippen LogP contribution in [-0.4, -0.2) is 27.1 Å². The summed E-state index contributed by atoms with van der Waals surface area (Å²) in [5.41, 5.74) is 1.93. The van der Waals surface area contributed by atoms with Gasteiger partial charge < -0.3 is 4.42 Å². The summed E-state index contributed by atoms with van der Waals surface area (Å²) in [6, 6.07) is 8.11. The zero-order chi connectivity index (χ0) is 17.1. The number of thiophene rings is 1. The third kappa shape index (κ3) is 3.50. The highest BCUT2D eigenvalue weighted by molar-refractivity contribution is 7.07. The first-order chi connectivity index (χ1) is 11.5. The molecular formula is C16H16N4O3S. The minimum absolute atomic E-state index is 0.0300. The smallest absolute Gasteiger partial charge is 0.269 e. The van der Waals surface area contributed by atoms with Crippen LogP contribution in [0.25, 0.3) is 11.5 Å². The number of non-ortho nitro benzene ring substituents is 1. The second-order valence-corrected chi connectivity index (χ2v) is 6.25. The number of benzene rings is 1. The maximum atomic E-state index is 10.7. The summed E-state index contributed by atoms with van der Waals surface area (Å²) in [4.78, 5) is 12.4. The third-order valence-corrected chi connectivity index (χ3v) is 4.53. The highest BCUT2D eigenvalue weighted by atomic mass is 32.1. The van der Waals surface area contributed by atoms with E-state index in [0.29, 0.717) is 17.3 Å². The lowest BCUT2D eigenvalue weighted by atomic mass is 10.2. The molecule has 0 N–H and O–H groups in total. The second kappa shape index (κ2) is 6.90. The molecule has 0 amide bonds. The number of nitrogens with zero attached hydrogens (tertiary/aromatic N) is 4. The SMILES string of the molecule is C[C@@H](c1nnc(-c2ccc([N+](=O)[O-])cc2)o1)N(C)Cc1ccsc1. The Morgan fingerprint density at radius 1 is 1.29 bits per heavy atom. The average Bonchev–Trinajstić information content (AvgIpc) is 3.26. The zero-order valence-corrected chi connectivity index (χ0v) is 14.1. The lowest BCUT2D eigenvalue weighted by Gasteiger charge is -2.20. The van der Waals surface area contributed by atoms with E-state index in [4.69, 9.17) is 4.42 Å². The van der Waals surface area contributed by atoms with Crippen molar-refractivity contribution in [2.45, 2.75) is 19.5 Å². The number of nitro groups is 1. The van der Waals surface area contributed by atoms with Crippen molar-refractivity contribution in [2.75, 3.05) is 7.05 Å². The molecule has 0 aliphatic rings. The van der Waals surface area contributed by atoms with Crippen molar-refractivity contribution in [3.63, 3.8) is 0 Å². The first-order valence-electron chi connectivity index (χ1n) is 7.34. The Morgan fingerprint density at radius 2 is 2.04 bits per heavy atom. The number of rotatable bonds is 6. The molecular weight excluding hydrogens is 328 g/mol. The lowest BCUT2D eigenvalue weighted by Crippen LogP contribution is -2.21. The summed E-state index contributed by atoms with van der Waals surface area (Å²) >= 11 is 1.67. The van der Waals surface area contributed by atoms with Crippen LogP contribution in [0, 0.1) is 10.1 Å². The van der Waals surface area contributed by atoms with Gasteiger partial charge in [0.25, 0.3) is 5.69 Å². The monoisotopic (exact) mass is 344 g/mol. The fourth-order valence-corrected chi connectivity index (χ4v) is 2.90. The third-order valence-electron chi connectivity index (χ3n) is 3.80. The molecule has 7 nitrogen and oxygen atoms in total. The first-order valence-corrected chi connectivity index (χ1v) is 8.28. The van der Waals surface area contributed by atoms with Gasteiger partial charge in [-0.1, -0.05) is 0 Å². The quantitative estimate of drug-likeness (QED) is 0.498. The minimum Gasteiger partial charge on any atom is -0.419 e. The minimum atomic E-state index is -0.440. The zero-order valence-electron chi connectivity index (χ0n) is 13.2. The van der Waals surface area contributed by atoms with Gasteiger partial charge in [0, 0.05) is 24.2 Å². The Labute approximate surface area is 142 Å². The highest BCUT2D eigenvalue weighted by Crippen LogP contribution is 2.25. The van der Waals surface area contributed by atoms with Crippen LogP contribution in [-0.2, 0) is 6.54 Å². The molecule has 0 bridgehead atoms. The number of hydrogen-bond donors (Lipinski definition) is 0. The molecule has 0 aliphatic carbocycles. The Hall–Kier alpha value is -2.58. The Kier molecular flexibility index (Phi) is 4.68. The number of nitro benzene ring substituents is 1. The van der Waals surface area contributed by atoms with E-state index in [9.17, 15) is 10.1 Å². The van der Waals surface area contributed by atoms with Gasteiger partial charge in [0.1, 0.15) is 0 Å². The predicted octanol–water partition coefficient (Wildman–Crippen LogP) is 3.90. The predicted molar refractivity (Wildman–Crippen MR) is 90.6 cm³/mol. The van der Waals surface area contributed by atoms with Gasteiger partial charge in [-0.15, -0.1) is 10.2 Å². The summed E-state index contributed by atoms with van der Waals surface area (Å²) in [6.45, 7) is 2.79. The van der Waals surface area contributed by atoms with Crippen LogP contribution in [0.2, 0.25) is 0 Å². The Balaban J connectivity index is 1.73. The molecule has 124 valence electrons. The van der Waals surface area contributed by atoms with Crippen LogP contribution in [0.4, 0.5) is 5.69 Å². The topological polar surface area (TPSA) is 85.3 Å². The van der Waals surface area contributed by atoms with Crippen LogP contribution in [0.1, 0.15) is 24.4 Å². The van der Waals surface area contributed by atoms with Crippen molar-refractivity contribution in [1.29, 1.82) is 0 Å². The van der Waals surface area contributed by atoms with Crippen molar-refractivity contribution in [2.24, 2.45) is 0 Å². The molecule has 3 aromatic rings. The lowest BCUT2D eigenvalue weighted by molar-refractivity contribution is -0.384. The maximum Gasteiger partial charge on any atom is 0.269 e. The molecule has 2 heterocycles. The molecule has 0 fully saturated rings. The van der Waals surface area contributed by atoms with Crippen LogP contribution < -0.4 is 0 Å². The Bertz CT molecular complexity index is 814.